The molecule has 0 radical (unpaired) electrons. The second-order valence-corrected chi connectivity index (χ2v) is 18.8. The Morgan fingerprint density at radius 3 is 1.02 bits per heavy atom. The Morgan fingerprint density at radius 2 is 0.569 bits per heavy atom. The number of rotatable bonds is 9. The molecule has 0 bridgehead atoms. The molecule has 0 atom stereocenters. The van der Waals surface area contributed by atoms with Crippen LogP contribution in [0.3, 0.4) is 0 Å². The first-order valence-corrected chi connectivity index (χ1v) is 22.5. The Hall–Kier alpha value is -6.42. The van der Waals surface area contributed by atoms with Gasteiger partial charge in [-0.05, 0) is 103 Å². The Kier molecular flexibility index (Phi) is 10.0. The molecular weight excluding hydrogens is 735 g/mol. The van der Waals surface area contributed by atoms with Gasteiger partial charge in [-0.1, -0.05) is 243 Å². The Morgan fingerprint density at radius 1 is 0.224 bits per heavy atom. The van der Waals surface area contributed by atoms with Crippen molar-refractivity contribution >= 4 is 69.2 Å². The highest BCUT2D eigenvalue weighted by Gasteiger charge is 2.30. The van der Waals surface area contributed by atoms with Gasteiger partial charge in [-0.15, -0.1) is 0 Å². The van der Waals surface area contributed by atoms with Crippen molar-refractivity contribution in [1.82, 2.24) is 0 Å². The average molecular weight is 775 g/mol. The van der Waals surface area contributed by atoms with Crippen LogP contribution in [0.4, 0.5) is 0 Å². The fraction of sp³-hybridized carbons (Fsp3) is 0. The van der Waals surface area contributed by atoms with Gasteiger partial charge in [-0.3, -0.25) is 0 Å². The molecule has 2 heteroatoms. The van der Waals surface area contributed by atoms with Crippen LogP contribution in [-0.2, 0) is 0 Å². The minimum atomic E-state index is -1.14. The van der Waals surface area contributed by atoms with Crippen LogP contribution in [0.5, 0.6) is 0 Å². The Balaban J connectivity index is 1.37. The van der Waals surface area contributed by atoms with E-state index >= 15 is 0 Å². The summed E-state index contributed by atoms with van der Waals surface area (Å²) < 4.78 is 0. The molecule has 0 fully saturated rings. The van der Waals surface area contributed by atoms with Crippen molar-refractivity contribution in [3.05, 3.63) is 243 Å². The molecule has 0 aliphatic rings. The third-order valence-electron chi connectivity index (χ3n) is 11.0. The lowest BCUT2D eigenvalue weighted by atomic mass is 9.93. The zero-order valence-electron chi connectivity index (χ0n) is 32.0. The molecule has 0 aromatic heterocycles. The van der Waals surface area contributed by atoms with Crippen molar-refractivity contribution in [2.75, 3.05) is 0 Å². The molecule has 10 aromatic rings. The number of benzene rings is 10. The predicted molar refractivity (Wildman–Crippen MR) is 255 cm³/mol. The van der Waals surface area contributed by atoms with Crippen LogP contribution in [0.15, 0.2) is 243 Å². The summed E-state index contributed by atoms with van der Waals surface area (Å²) in [7, 11) is -2.08. The molecule has 0 N–H and O–H groups in total. The molecule has 0 nitrogen and oxygen atoms in total. The van der Waals surface area contributed by atoms with Crippen molar-refractivity contribution in [2.45, 2.75) is 0 Å². The lowest BCUT2D eigenvalue weighted by Gasteiger charge is -2.30. The van der Waals surface area contributed by atoms with Crippen LogP contribution < -0.4 is 31.8 Å². The second-order valence-electron chi connectivity index (χ2n) is 14.5. The Labute approximate surface area is 343 Å². The molecule has 0 saturated heterocycles. The lowest BCUT2D eigenvalue weighted by Crippen LogP contribution is -2.27. The molecule has 274 valence electrons. The summed E-state index contributed by atoms with van der Waals surface area (Å²) in [5.74, 6) is 0. The van der Waals surface area contributed by atoms with Crippen molar-refractivity contribution in [3.63, 3.8) is 0 Å². The van der Waals surface area contributed by atoms with Gasteiger partial charge < -0.3 is 0 Å². The summed E-state index contributed by atoms with van der Waals surface area (Å²) in [6.07, 6.45) is 0. The van der Waals surface area contributed by atoms with E-state index in [4.69, 9.17) is 0 Å². The summed E-state index contributed by atoms with van der Waals surface area (Å²) >= 11 is 0. The van der Waals surface area contributed by atoms with Crippen molar-refractivity contribution in [2.24, 2.45) is 0 Å². The maximum Gasteiger partial charge on any atom is -0.000883 e. The summed E-state index contributed by atoms with van der Waals surface area (Å²) in [6, 6.07) is 90.1. The van der Waals surface area contributed by atoms with Gasteiger partial charge in [0.2, 0.25) is 0 Å². The molecule has 0 aliphatic heterocycles. The molecule has 0 heterocycles. The summed E-state index contributed by atoms with van der Waals surface area (Å²) in [5, 5.41) is 13.1. The third kappa shape index (κ3) is 6.76. The smallest absolute Gasteiger partial charge is 0.000883 e. The summed E-state index contributed by atoms with van der Waals surface area (Å²) in [5.41, 5.74) is 7.64. The van der Waals surface area contributed by atoms with Crippen molar-refractivity contribution in [1.29, 1.82) is 0 Å². The van der Waals surface area contributed by atoms with E-state index in [0.29, 0.717) is 0 Å². The highest BCUT2D eigenvalue weighted by atomic mass is 31.1. The van der Waals surface area contributed by atoms with E-state index < -0.39 is 15.8 Å². The molecule has 0 saturated carbocycles. The van der Waals surface area contributed by atoms with E-state index in [2.05, 4.69) is 243 Å². The monoisotopic (exact) mass is 774 g/mol. The van der Waals surface area contributed by atoms with E-state index in [9.17, 15) is 0 Å². The maximum absolute atomic E-state index is 2.46. The number of fused-ring (bicyclic) bond motifs is 2. The number of hydrogen-bond acceptors (Lipinski definition) is 0. The highest BCUT2D eigenvalue weighted by Crippen LogP contribution is 2.48. The van der Waals surface area contributed by atoms with Gasteiger partial charge in [0.25, 0.3) is 0 Å². The highest BCUT2D eigenvalue weighted by molar-refractivity contribution is 7.81. The van der Waals surface area contributed by atoms with Gasteiger partial charge in [0.1, 0.15) is 0 Å². The molecule has 10 aromatic carbocycles. The van der Waals surface area contributed by atoms with E-state index in [1.165, 1.54) is 86.8 Å². The van der Waals surface area contributed by atoms with Crippen LogP contribution in [0.25, 0.3) is 54.9 Å². The van der Waals surface area contributed by atoms with Crippen LogP contribution in [0, 0.1) is 0 Å². The first kappa shape index (κ1) is 36.0. The van der Waals surface area contributed by atoms with Crippen LogP contribution >= 0.6 is 15.8 Å². The van der Waals surface area contributed by atoms with Gasteiger partial charge in [0.15, 0.2) is 0 Å². The second kappa shape index (κ2) is 16.2. The average Bonchev–Trinajstić information content (AvgIpc) is 3.31. The van der Waals surface area contributed by atoms with Crippen LogP contribution in [0.1, 0.15) is 0 Å². The largest absolute Gasteiger partial charge is 0.0622 e. The lowest BCUT2D eigenvalue weighted by molar-refractivity contribution is 1.64. The predicted octanol–water partition coefficient (Wildman–Crippen LogP) is 12.5. The van der Waals surface area contributed by atoms with Gasteiger partial charge in [0.05, 0.1) is 0 Å². The zero-order valence-corrected chi connectivity index (χ0v) is 33.8. The molecular formula is C56H40P2. The topological polar surface area (TPSA) is 0 Å². The molecule has 0 spiro atoms. The molecule has 0 amide bonds. The van der Waals surface area contributed by atoms with Gasteiger partial charge in [-0.2, -0.15) is 0 Å². The summed E-state index contributed by atoms with van der Waals surface area (Å²) in [4.78, 5) is 0. The van der Waals surface area contributed by atoms with Crippen molar-refractivity contribution in [3.8, 4) is 33.4 Å². The van der Waals surface area contributed by atoms with E-state index in [-0.39, 0.29) is 0 Å². The third-order valence-corrected chi connectivity index (χ3v) is 16.1. The maximum atomic E-state index is 2.46. The van der Waals surface area contributed by atoms with Crippen LogP contribution in [-0.4, -0.2) is 0 Å². The van der Waals surface area contributed by atoms with Gasteiger partial charge in [0, 0.05) is 0 Å². The molecule has 0 aliphatic carbocycles. The van der Waals surface area contributed by atoms with E-state index in [1.807, 2.05) is 0 Å². The summed E-state index contributed by atoms with van der Waals surface area (Å²) in [6.45, 7) is 0. The minimum Gasteiger partial charge on any atom is -0.0622 e. The minimum absolute atomic E-state index is 0.937. The fourth-order valence-corrected chi connectivity index (χ4v) is 13.7. The number of hydrogen-bond donors (Lipinski definition) is 0. The first-order valence-electron chi connectivity index (χ1n) is 19.9. The standard InChI is InChI=1S/C56H40P2/c1-5-21-41(22-6-1)47-31-17-19-35-51(47)58(52-36-20-18-32-48(52)42-23-7-2-8-24-42)54-40-38-44-26-14-16-34-50(44)56(54)55-49-33-15-13-25-43(49)37-39-53(55)57(45-27-9-3-10-28-45)46-29-11-4-12-30-46/h1-40H. The van der Waals surface area contributed by atoms with Crippen molar-refractivity contribution < 1.29 is 0 Å². The van der Waals surface area contributed by atoms with Gasteiger partial charge >= 0.3 is 0 Å². The molecule has 0 unspecified atom stereocenters. The van der Waals surface area contributed by atoms with E-state index in [0.717, 1.165) is 0 Å². The quantitative estimate of drug-likeness (QED) is 0.128. The van der Waals surface area contributed by atoms with Crippen LogP contribution in [0.2, 0.25) is 0 Å². The van der Waals surface area contributed by atoms with Gasteiger partial charge in [-0.25, -0.2) is 0 Å². The zero-order chi connectivity index (χ0) is 38.7. The fourth-order valence-electron chi connectivity index (χ4n) is 8.45. The Bertz CT molecular complexity index is 2870. The first-order chi connectivity index (χ1) is 28.8. The SMILES string of the molecule is c1ccc(-c2ccccc2P(c2ccccc2-c2ccccc2)c2ccc3ccccc3c2-c2c(P(c3ccccc3)c3ccccc3)ccc3ccccc23)cc1. The molecule has 58 heavy (non-hydrogen) atoms. The van der Waals surface area contributed by atoms with E-state index in [1.54, 1.807) is 0 Å². The molecule has 10 rings (SSSR count). The normalized spacial score (nSPS) is 11.4.